The lowest BCUT2D eigenvalue weighted by molar-refractivity contribution is -0.191. The lowest BCUT2D eigenvalue weighted by Gasteiger charge is -2.29. The molecular formula is C15H12F4N2O. The first kappa shape index (κ1) is 14.8. The second-order valence-corrected chi connectivity index (χ2v) is 5.17. The summed E-state index contributed by atoms with van der Waals surface area (Å²) >= 11 is 0. The predicted octanol–water partition coefficient (Wildman–Crippen LogP) is 3.32. The Morgan fingerprint density at radius 1 is 1.09 bits per heavy atom. The lowest BCUT2D eigenvalue weighted by Crippen LogP contribution is -2.43. The third-order valence-electron chi connectivity index (χ3n) is 3.61. The maximum atomic E-state index is 13.4. The highest BCUT2D eigenvalue weighted by molar-refractivity contribution is 5.83. The highest BCUT2D eigenvalue weighted by Crippen LogP contribution is 2.38. The second-order valence-electron chi connectivity index (χ2n) is 5.17. The molecule has 2 aromatic rings. The molecule has 2 aromatic carbocycles. The SMILES string of the molecule is O=C1CCN(C(c2ccc3cc(F)ccc3c2)C(F)(F)F)N1. The van der Waals surface area contributed by atoms with Crippen LogP contribution in [-0.2, 0) is 4.79 Å². The summed E-state index contributed by atoms with van der Waals surface area (Å²) < 4.78 is 53.3. The molecule has 0 aromatic heterocycles. The first-order valence-electron chi connectivity index (χ1n) is 6.67. The van der Waals surface area contributed by atoms with Crippen LogP contribution < -0.4 is 5.43 Å². The van der Waals surface area contributed by atoms with Crippen molar-refractivity contribution in [1.29, 1.82) is 0 Å². The molecule has 3 rings (SSSR count). The number of rotatable bonds is 2. The Kier molecular flexibility index (Phi) is 3.52. The summed E-state index contributed by atoms with van der Waals surface area (Å²) in [5.74, 6) is -0.878. The number of hydrogen-bond donors (Lipinski definition) is 1. The molecule has 1 N–H and O–H groups in total. The summed E-state index contributed by atoms with van der Waals surface area (Å²) in [6.07, 6.45) is -4.50. The van der Waals surface area contributed by atoms with E-state index in [1.165, 1.54) is 36.4 Å². The van der Waals surface area contributed by atoms with E-state index in [0.717, 1.165) is 5.01 Å². The van der Waals surface area contributed by atoms with Crippen molar-refractivity contribution < 1.29 is 22.4 Å². The molecule has 1 unspecified atom stereocenters. The summed E-state index contributed by atoms with van der Waals surface area (Å²) in [5, 5.41) is 1.93. The van der Waals surface area contributed by atoms with Crippen LogP contribution >= 0.6 is 0 Å². The Bertz CT molecular complexity index is 729. The van der Waals surface area contributed by atoms with Crippen LogP contribution in [0.4, 0.5) is 17.6 Å². The Hall–Kier alpha value is -2.15. The normalized spacial score (nSPS) is 17.7. The molecule has 116 valence electrons. The van der Waals surface area contributed by atoms with Gasteiger partial charge in [-0.15, -0.1) is 0 Å². The second kappa shape index (κ2) is 5.24. The minimum atomic E-state index is -4.54. The Balaban J connectivity index is 2.04. The van der Waals surface area contributed by atoms with E-state index in [-0.39, 0.29) is 18.5 Å². The van der Waals surface area contributed by atoms with Crippen LogP contribution in [0.1, 0.15) is 18.0 Å². The summed E-state index contributed by atoms with van der Waals surface area (Å²) in [6.45, 7) is -0.00946. The molecule has 1 aliphatic heterocycles. The summed E-state index contributed by atoms with van der Waals surface area (Å²) in [5.41, 5.74) is 2.24. The first-order valence-corrected chi connectivity index (χ1v) is 6.67. The summed E-state index contributed by atoms with van der Waals surface area (Å²) in [4.78, 5) is 11.2. The number of fused-ring (bicyclic) bond motifs is 1. The number of benzene rings is 2. The minimum absolute atomic E-state index is 0.00816. The third kappa shape index (κ3) is 2.76. The van der Waals surface area contributed by atoms with Gasteiger partial charge in [0.2, 0.25) is 5.91 Å². The fourth-order valence-electron chi connectivity index (χ4n) is 2.64. The molecule has 1 saturated heterocycles. The fraction of sp³-hybridized carbons (Fsp3) is 0.267. The Labute approximate surface area is 123 Å². The number of nitrogens with zero attached hydrogens (tertiary/aromatic N) is 1. The van der Waals surface area contributed by atoms with E-state index in [1.54, 1.807) is 0 Å². The van der Waals surface area contributed by atoms with Crippen molar-refractivity contribution in [3.8, 4) is 0 Å². The van der Waals surface area contributed by atoms with Crippen molar-refractivity contribution in [2.24, 2.45) is 0 Å². The zero-order valence-corrected chi connectivity index (χ0v) is 11.3. The van der Waals surface area contributed by atoms with Gasteiger partial charge >= 0.3 is 6.18 Å². The largest absolute Gasteiger partial charge is 0.409 e. The summed E-state index contributed by atoms with van der Waals surface area (Å²) in [6, 6.07) is 6.11. The number of hydrogen-bond acceptors (Lipinski definition) is 2. The minimum Gasteiger partial charge on any atom is -0.288 e. The van der Waals surface area contributed by atoms with Gasteiger partial charge in [-0.1, -0.05) is 18.2 Å². The van der Waals surface area contributed by atoms with Crippen molar-refractivity contribution in [3.05, 3.63) is 47.8 Å². The maximum absolute atomic E-state index is 13.4. The number of nitrogens with one attached hydrogen (secondary N) is 1. The third-order valence-corrected chi connectivity index (χ3v) is 3.61. The van der Waals surface area contributed by atoms with Gasteiger partial charge in [0.1, 0.15) is 11.9 Å². The zero-order chi connectivity index (χ0) is 15.9. The van der Waals surface area contributed by atoms with Gasteiger partial charge in [-0.05, 0) is 34.5 Å². The molecule has 1 atom stereocenters. The molecule has 1 heterocycles. The highest BCUT2D eigenvalue weighted by atomic mass is 19.4. The molecule has 3 nitrogen and oxygen atoms in total. The van der Waals surface area contributed by atoms with Crippen LogP contribution in [0.3, 0.4) is 0 Å². The molecule has 22 heavy (non-hydrogen) atoms. The number of carbonyl (C=O) groups excluding carboxylic acids is 1. The maximum Gasteiger partial charge on any atom is 0.409 e. The topological polar surface area (TPSA) is 32.3 Å². The van der Waals surface area contributed by atoms with Crippen molar-refractivity contribution in [1.82, 2.24) is 10.4 Å². The molecular weight excluding hydrogens is 300 g/mol. The number of halogens is 4. The lowest BCUT2D eigenvalue weighted by atomic mass is 10.0. The standard InChI is InChI=1S/C15H12F4N2O/c16-12-4-3-9-7-11(2-1-10(9)8-12)14(15(17,18)19)21-6-5-13(22)20-21/h1-4,7-8,14H,5-6H2,(H,20,22). The smallest absolute Gasteiger partial charge is 0.288 e. The molecule has 0 spiro atoms. The van der Waals surface area contributed by atoms with Gasteiger partial charge < -0.3 is 0 Å². The Morgan fingerprint density at radius 3 is 2.41 bits per heavy atom. The quantitative estimate of drug-likeness (QED) is 0.863. The molecule has 0 bridgehead atoms. The van der Waals surface area contributed by atoms with Crippen molar-refractivity contribution in [3.63, 3.8) is 0 Å². The van der Waals surface area contributed by atoms with Crippen molar-refractivity contribution in [2.75, 3.05) is 6.54 Å². The average Bonchev–Trinajstić information content (AvgIpc) is 2.83. The molecule has 1 aliphatic rings. The molecule has 0 saturated carbocycles. The Morgan fingerprint density at radius 2 is 1.77 bits per heavy atom. The number of alkyl halides is 3. The number of amides is 1. The van der Waals surface area contributed by atoms with Crippen LogP contribution in [0.25, 0.3) is 10.8 Å². The first-order chi connectivity index (χ1) is 10.3. The van der Waals surface area contributed by atoms with E-state index < -0.39 is 23.9 Å². The van der Waals surface area contributed by atoms with E-state index in [4.69, 9.17) is 0 Å². The van der Waals surface area contributed by atoms with Crippen LogP contribution in [0.5, 0.6) is 0 Å². The van der Waals surface area contributed by atoms with Crippen molar-refractivity contribution in [2.45, 2.75) is 18.6 Å². The van der Waals surface area contributed by atoms with Gasteiger partial charge in [0.25, 0.3) is 0 Å². The van der Waals surface area contributed by atoms with E-state index in [1.807, 2.05) is 0 Å². The molecule has 1 fully saturated rings. The number of carbonyl (C=O) groups is 1. The number of hydrazine groups is 1. The monoisotopic (exact) mass is 312 g/mol. The van der Waals surface area contributed by atoms with Gasteiger partial charge in [0.15, 0.2) is 0 Å². The van der Waals surface area contributed by atoms with Crippen LogP contribution in [-0.4, -0.2) is 23.6 Å². The summed E-state index contributed by atoms with van der Waals surface area (Å²) in [7, 11) is 0. The zero-order valence-electron chi connectivity index (χ0n) is 11.3. The van der Waals surface area contributed by atoms with Crippen LogP contribution in [0.2, 0.25) is 0 Å². The van der Waals surface area contributed by atoms with Gasteiger partial charge in [0, 0.05) is 13.0 Å². The van der Waals surface area contributed by atoms with Crippen LogP contribution in [0, 0.1) is 5.82 Å². The van der Waals surface area contributed by atoms with E-state index in [9.17, 15) is 22.4 Å². The predicted molar refractivity (Wildman–Crippen MR) is 72.2 cm³/mol. The molecule has 1 amide bonds. The van der Waals surface area contributed by atoms with Crippen LogP contribution in [0.15, 0.2) is 36.4 Å². The van der Waals surface area contributed by atoms with Gasteiger partial charge in [0.05, 0.1) is 0 Å². The molecule has 7 heteroatoms. The van der Waals surface area contributed by atoms with E-state index >= 15 is 0 Å². The fourth-order valence-corrected chi connectivity index (χ4v) is 2.64. The van der Waals surface area contributed by atoms with Gasteiger partial charge in [-0.25, -0.2) is 9.40 Å². The van der Waals surface area contributed by atoms with Gasteiger partial charge in [-0.2, -0.15) is 13.2 Å². The van der Waals surface area contributed by atoms with Crippen molar-refractivity contribution >= 4 is 16.7 Å². The van der Waals surface area contributed by atoms with E-state index in [2.05, 4.69) is 5.43 Å². The highest BCUT2D eigenvalue weighted by Gasteiger charge is 2.46. The van der Waals surface area contributed by atoms with E-state index in [0.29, 0.717) is 10.8 Å². The molecule has 0 aliphatic carbocycles. The molecule has 0 radical (unpaired) electrons. The average molecular weight is 312 g/mol. The van der Waals surface area contributed by atoms with Gasteiger partial charge in [-0.3, -0.25) is 10.2 Å².